The van der Waals surface area contributed by atoms with Gasteiger partial charge in [-0.2, -0.15) is 0 Å². The van der Waals surface area contributed by atoms with Crippen molar-refractivity contribution < 1.29 is 14.3 Å². The number of nitrogens with zero attached hydrogens (tertiary/aromatic N) is 4. The van der Waals surface area contributed by atoms with Crippen LogP contribution in [-0.4, -0.2) is 63.8 Å². The number of pyridine rings is 1. The van der Waals surface area contributed by atoms with Crippen molar-refractivity contribution >= 4 is 38.7 Å². The molecule has 2 bridgehead atoms. The number of aromatic amines is 1. The third kappa shape index (κ3) is 4.26. The number of fused-ring (bicyclic) bond motifs is 3. The van der Waals surface area contributed by atoms with Crippen LogP contribution in [-0.2, 0) is 4.74 Å². The van der Waals surface area contributed by atoms with Gasteiger partial charge < -0.3 is 19.4 Å². The topological polar surface area (TPSA) is 83.6 Å². The minimum absolute atomic E-state index is 0.168. The van der Waals surface area contributed by atoms with Gasteiger partial charge in [-0.1, -0.05) is 0 Å². The Hall–Kier alpha value is -2.81. The van der Waals surface area contributed by atoms with Crippen molar-refractivity contribution in [3.8, 4) is 17.3 Å². The van der Waals surface area contributed by atoms with E-state index in [1.807, 2.05) is 31.7 Å². The molecule has 1 N–H and O–H groups in total. The first-order valence-corrected chi connectivity index (χ1v) is 12.0. The Morgan fingerprint density at radius 1 is 1.18 bits per heavy atom. The number of carbonyl (C=O) groups excluding carboxylic acids is 1. The predicted octanol–water partition coefficient (Wildman–Crippen LogP) is 4.98. The molecular formula is C24H28BrN5O3. The van der Waals surface area contributed by atoms with E-state index in [1.165, 1.54) is 0 Å². The van der Waals surface area contributed by atoms with Crippen LogP contribution >= 0.6 is 15.9 Å². The molecule has 0 spiro atoms. The standard InChI is InChI=1S/C24H28BrN5O3/c1-24(2,3)33-23(31)30-16-5-6-17(30)13-29(12-16)15-7-8-19-20(10-15)28-21(27-19)18-9-14(25)11-26-22(18)32-4/h7-11,16-17H,5-6,12-13H2,1-4H3,(H,27,28). The van der Waals surface area contributed by atoms with E-state index in [-0.39, 0.29) is 18.2 Å². The third-order valence-electron chi connectivity index (χ3n) is 6.18. The molecule has 3 aromatic rings. The molecule has 0 radical (unpaired) electrons. The minimum Gasteiger partial charge on any atom is -0.480 e. The zero-order valence-corrected chi connectivity index (χ0v) is 20.8. The number of piperazine rings is 1. The van der Waals surface area contributed by atoms with Gasteiger partial charge in [0.15, 0.2) is 0 Å². The summed E-state index contributed by atoms with van der Waals surface area (Å²) in [7, 11) is 1.60. The van der Waals surface area contributed by atoms with Crippen molar-refractivity contribution in [1.82, 2.24) is 19.9 Å². The van der Waals surface area contributed by atoms with Crippen LogP contribution in [0, 0.1) is 0 Å². The molecule has 0 aliphatic carbocycles. The Bertz CT molecular complexity index is 1190. The zero-order chi connectivity index (χ0) is 23.3. The number of hydrogen-bond acceptors (Lipinski definition) is 6. The van der Waals surface area contributed by atoms with Crippen LogP contribution in [0.15, 0.2) is 34.9 Å². The number of halogens is 1. The molecule has 1 amide bonds. The average molecular weight is 514 g/mol. The first-order valence-electron chi connectivity index (χ1n) is 11.2. The van der Waals surface area contributed by atoms with Crippen molar-refractivity contribution in [2.45, 2.75) is 51.3 Å². The third-order valence-corrected chi connectivity index (χ3v) is 6.62. The number of rotatable bonds is 3. The fraction of sp³-hybridized carbons (Fsp3) is 0.458. The highest BCUT2D eigenvalue weighted by molar-refractivity contribution is 9.10. The summed E-state index contributed by atoms with van der Waals surface area (Å²) in [5.41, 5.74) is 3.26. The summed E-state index contributed by atoms with van der Waals surface area (Å²) in [5.74, 6) is 1.23. The fourth-order valence-electron chi connectivity index (χ4n) is 4.80. The molecule has 2 unspecified atom stereocenters. The maximum absolute atomic E-state index is 12.8. The smallest absolute Gasteiger partial charge is 0.410 e. The van der Waals surface area contributed by atoms with E-state index >= 15 is 0 Å². The maximum atomic E-state index is 12.8. The number of nitrogens with one attached hydrogen (secondary N) is 1. The summed E-state index contributed by atoms with van der Waals surface area (Å²) in [4.78, 5) is 29.6. The maximum Gasteiger partial charge on any atom is 0.410 e. The predicted molar refractivity (Wildman–Crippen MR) is 131 cm³/mol. The molecule has 5 rings (SSSR count). The van der Waals surface area contributed by atoms with Crippen molar-refractivity contribution in [2.75, 3.05) is 25.1 Å². The highest BCUT2D eigenvalue weighted by Crippen LogP contribution is 2.35. The Kier molecular flexibility index (Phi) is 5.47. The van der Waals surface area contributed by atoms with Crippen LogP contribution in [0.2, 0.25) is 0 Å². The second kappa shape index (κ2) is 8.20. The van der Waals surface area contributed by atoms with Gasteiger partial charge in [0.25, 0.3) is 0 Å². The van der Waals surface area contributed by atoms with Crippen LogP contribution in [0.5, 0.6) is 5.88 Å². The number of hydrogen-bond donors (Lipinski definition) is 1. The van der Waals surface area contributed by atoms with Crippen molar-refractivity contribution in [2.24, 2.45) is 0 Å². The molecule has 9 heteroatoms. The summed E-state index contributed by atoms with van der Waals surface area (Å²) in [6.07, 6.45) is 3.52. The summed E-state index contributed by atoms with van der Waals surface area (Å²) in [5, 5.41) is 0. The lowest BCUT2D eigenvalue weighted by Crippen LogP contribution is -2.56. The lowest BCUT2D eigenvalue weighted by molar-refractivity contribution is 0.0123. The molecule has 8 nitrogen and oxygen atoms in total. The molecule has 174 valence electrons. The number of amides is 1. The highest BCUT2D eigenvalue weighted by atomic mass is 79.9. The largest absolute Gasteiger partial charge is 0.480 e. The van der Waals surface area contributed by atoms with Crippen LogP contribution in [0.25, 0.3) is 22.4 Å². The average Bonchev–Trinajstić information content (AvgIpc) is 3.30. The van der Waals surface area contributed by atoms with Crippen LogP contribution < -0.4 is 9.64 Å². The molecule has 2 aliphatic rings. The van der Waals surface area contributed by atoms with Crippen molar-refractivity contribution in [1.29, 1.82) is 0 Å². The Morgan fingerprint density at radius 2 is 1.91 bits per heavy atom. The zero-order valence-electron chi connectivity index (χ0n) is 19.3. The number of aromatic nitrogens is 3. The summed E-state index contributed by atoms with van der Waals surface area (Å²) >= 11 is 3.48. The van der Waals surface area contributed by atoms with E-state index < -0.39 is 5.60 Å². The van der Waals surface area contributed by atoms with E-state index in [0.717, 1.165) is 52.7 Å². The van der Waals surface area contributed by atoms with Crippen molar-refractivity contribution in [3.63, 3.8) is 0 Å². The molecule has 2 atom stereocenters. The molecule has 2 aromatic heterocycles. The Morgan fingerprint density at radius 3 is 2.58 bits per heavy atom. The van der Waals surface area contributed by atoms with Crippen LogP contribution in [0.1, 0.15) is 33.6 Å². The van der Waals surface area contributed by atoms with E-state index in [1.54, 1.807) is 13.3 Å². The number of imidazole rings is 1. The van der Waals surface area contributed by atoms with E-state index in [9.17, 15) is 4.79 Å². The monoisotopic (exact) mass is 513 g/mol. The molecule has 1 aromatic carbocycles. The number of anilines is 1. The molecular weight excluding hydrogens is 486 g/mol. The van der Waals surface area contributed by atoms with E-state index in [2.05, 4.69) is 49.0 Å². The van der Waals surface area contributed by atoms with Gasteiger partial charge in [0.2, 0.25) is 5.88 Å². The highest BCUT2D eigenvalue weighted by Gasteiger charge is 2.44. The number of benzene rings is 1. The van der Waals surface area contributed by atoms with Gasteiger partial charge in [0.1, 0.15) is 11.4 Å². The SMILES string of the molecule is COc1ncc(Br)cc1-c1nc2cc(N3CC4CCC(C3)N4C(=O)OC(C)(C)C)ccc2[nH]1. The molecule has 4 heterocycles. The van der Waals surface area contributed by atoms with Gasteiger partial charge in [-0.25, -0.2) is 14.8 Å². The molecule has 0 saturated carbocycles. The number of carbonyl (C=O) groups is 1. The van der Waals surface area contributed by atoms with Gasteiger partial charge in [0.05, 0.1) is 35.8 Å². The number of ether oxygens (including phenoxy) is 2. The summed E-state index contributed by atoms with van der Waals surface area (Å²) < 4.78 is 11.9. The number of H-pyrrole nitrogens is 1. The molecule has 2 aliphatic heterocycles. The molecule has 33 heavy (non-hydrogen) atoms. The molecule has 2 saturated heterocycles. The first-order chi connectivity index (χ1) is 15.7. The van der Waals surface area contributed by atoms with Gasteiger partial charge in [-0.15, -0.1) is 0 Å². The lowest BCUT2D eigenvalue weighted by atomic mass is 10.1. The normalized spacial score (nSPS) is 20.4. The van der Waals surface area contributed by atoms with Crippen molar-refractivity contribution in [3.05, 3.63) is 34.9 Å². The van der Waals surface area contributed by atoms with Gasteiger partial charge >= 0.3 is 6.09 Å². The minimum atomic E-state index is -0.483. The van der Waals surface area contributed by atoms with Gasteiger partial charge in [-0.05, 0) is 73.8 Å². The molecule has 2 fully saturated rings. The Labute approximate surface area is 201 Å². The summed E-state index contributed by atoms with van der Waals surface area (Å²) in [6.45, 7) is 7.33. The first kappa shape index (κ1) is 22.0. The second-order valence-electron chi connectivity index (χ2n) is 9.67. The van der Waals surface area contributed by atoms with Crippen LogP contribution in [0.4, 0.5) is 10.5 Å². The quantitative estimate of drug-likeness (QED) is 0.531. The summed E-state index contributed by atoms with van der Waals surface area (Å²) in [6, 6.07) is 8.56. The number of methoxy groups -OCH3 is 1. The van der Waals surface area contributed by atoms with E-state index in [4.69, 9.17) is 14.5 Å². The fourth-order valence-corrected chi connectivity index (χ4v) is 5.14. The second-order valence-corrected chi connectivity index (χ2v) is 10.6. The Balaban J connectivity index is 1.39. The van der Waals surface area contributed by atoms with Gasteiger partial charge in [-0.3, -0.25) is 4.90 Å². The lowest BCUT2D eigenvalue weighted by Gasteiger charge is -2.42. The van der Waals surface area contributed by atoms with Gasteiger partial charge in [0, 0.05) is 29.4 Å². The van der Waals surface area contributed by atoms with E-state index in [0.29, 0.717) is 11.7 Å². The van der Waals surface area contributed by atoms with Crippen LogP contribution in [0.3, 0.4) is 0 Å².